The lowest BCUT2D eigenvalue weighted by molar-refractivity contribution is -0.0472. The Labute approximate surface area is 115 Å². The molecule has 7 heteroatoms. The van der Waals surface area contributed by atoms with Gasteiger partial charge in [-0.05, 0) is 6.07 Å². The van der Waals surface area contributed by atoms with Crippen molar-refractivity contribution in [1.29, 1.82) is 0 Å². The second kappa shape index (κ2) is 4.78. The maximum absolute atomic E-state index is 11.5. The topological polar surface area (TPSA) is 55.8 Å². The molecule has 1 aromatic carbocycles. The molecule has 4 nitrogen and oxygen atoms in total. The van der Waals surface area contributed by atoms with Crippen LogP contribution in [0.2, 0.25) is 10.0 Å². The first-order chi connectivity index (χ1) is 8.23. The molecule has 18 heavy (non-hydrogen) atoms. The van der Waals surface area contributed by atoms with E-state index in [1.165, 1.54) is 0 Å². The van der Waals surface area contributed by atoms with Crippen LogP contribution in [0.5, 0.6) is 0 Å². The maximum atomic E-state index is 11.5. The standard InChI is InChI=1S/C11H13Cl2O4P/c1-11(2)6-16-18(14,15)17-10(11)7-4-3-5-8(12)9(7)13/h3-5,10H,6H2,1-2H3,(H,14,15). The molecule has 0 aromatic heterocycles. The van der Waals surface area contributed by atoms with Gasteiger partial charge in [-0.15, -0.1) is 0 Å². The molecule has 1 heterocycles. The third kappa shape index (κ3) is 2.74. The van der Waals surface area contributed by atoms with Gasteiger partial charge in [-0.1, -0.05) is 49.2 Å². The Kier molecular flexibility index (Phi) is 3.81. The largest absolute Gasteiger partial charge is 0.472 e. The van der Waals surface area contributed by atoms with Gasteiger partial charge in [0.05, 0.1) is 16.7 Å². The van der Waals surface area contributed by atoms with Crippen LogP contribution >= 0.6 is 31.0 Å². The summed E-state index contributed by atoms with van der Waals surface area (Å²) in [7, 11) is -4.02. The number of hydrogen-bond donors (Lipinski definition) is 1. The van der Waals surface area contributed by atoms with Crippen molar-refractivity contribution in [1.82, 2.24) is 0 Å². The lowest BCUT2D eigenvalue weighted by Gasteiger charge is -2.39. The first kappa shape index (κ1) is 14.3. The number of halogens is 2. The van der Waals surface area contributed by atoms with Crippen molar-refractivity contribution >= 4 is 31.0 Å². The van der Waals surface area contributed by atoms with Gasteiger partial charge >= 0.3 is 7.82 Å². The van der Waals surface area contributed by atoms with E-state index in [9.17, 15) is 9.46 Å². The molecule has 1 saturated heterocycles. The van der Waals surface area contributed by atoms with Gasteiger partial charge in [0.1, 0.15) is 6.10 Å². The van der Waals surface area contributed by atoms with Crippen molar-refractivity contribution in [3.05, 3.63) is 33.8 Å². The monoisotopic (exact) mass is 310 g/mol. The van der Waals surface area contributed by atoms with Crippen LogP contribution in [-0.2, 0) is 13.6 Å². The van der Waals surface area contributed by atoms with Gasteiger partial charge in [-0.2, -0.15) is 0 Å². The van der Waals surface area contributed by atoms with Gasteiger partial charge in [0.15, 0.2) is 0 Å². The highest BCUT2D eigenvalue weighted by Gasteiger charge is 2.45. The van der Waals surface area contributed by atoms with Crippen LogP contribution < -0.4 is 0 Å². The van der Waals surface area contributed by atoms with Gasteiger partial charge in [-0.25, -0.2) is 4.57 Å². The predicted molar refractivity (Wildman–Crippen MR) is 69.8 cm³/mol. The molecule has 0 spiro atoms. The molecular formula is C11H13Cl2O4P. The molecular weight excluding hydrogens is 298 g/mol. The fourth-order valence-electron chi connectivity index (χ4n) is 1.83. The lowest BCUT2D eigenvalue weighted by atomic mass is 9.83. The SMILES string of the molecule is CC1(C)COP(=O)(O)OC1c1cccc(Cl)c1Cl. The molecule has 1 fully saturated rings. The zero-order valence-electron chi connectivity index (χ0n) is 9.89. The van der Waals surface area contributed by atoms with E-state index in [0.29, 0.717) is 15.6 Å². The van der Waals surface area contributed by atoms with Crippen LogP contribution in [0.4, 0.5) is 0 Å². The zero-order chi connectivity index (χ0) is 13.6. The normalized spacial score (nSPS) is 31.3. The quantitative estimate of drug-likeness (QED) is 0.789. The summed E-state index contributed by atoms with van der Waals surface area (Å²) < 4.78 is 21.5. The number of rotatable bonds is 1. The molecule has 1 N–H and O–H groups in total. The molecule has 0 amide bonds. The highest BCUT2D eigenvalue weighted by atomic mass is 35.5. The number of hydrogen-bond acceptors (Lipinski definition) is 3. The van der Waals surface area contributed by atoms with Crippen molar-refractivity contribution in [3.63, 3.8) is 0 Å². The van der Waals surface area contributed by atoms with E-state index in [0.717, 1.165) is 0 Å². The fraction of sp³-hybridized carbons (Fsp3) is 0.455. The summed E-state index contributed by atoms with van der Waals surface area (Å²) >= 11 is 12.1. The minimum absolute atomic E-state index is 0.105. The van der Waals surface area contributed by atoms with Gasteiger partial charge < -0.3 is 4.89 Å². The van der Waals surface area contributed by atoms with Crippen molar-refractivity contribution < 1.29 is 18.5 Å². The molecule has 100 valence electrons. The van der Waals surface area contributed by atoms with Gasteiger partial charge in [0.2, 0.25) is 0 Å². The summed E-state index contributed by atoms with van der Waals surface area (Å²) in [6.07, 6.45) is -0.645. The second-order valence-electron chi connectivity index (χ2n) is 4.86. The smallest absolute Gasteiger partial charge is 0.302 e. The van der Waals surface area contributed by atoms with Crippen LogP contribution in [0.25, 0.3) is 0 Å². The fourth-order valence-corrected chi connectivity index (χ4v) is 3.46. The van der Waals surface area contributed by atoms with Crippen LogP contribution in [0.15, 0.2) is 18.2 Å². The van der Waals surface area contributed by atoms with Crippen molar-refractivity contribution in [2.24, 2.45) is 5.41 Å². The molecule has 2 unspecified atom stereocenters. The van der Waals surface area contributed by atoms with E-state index in [1.807, 2.05) is 13.8 Å². The van der Waals surface area contributed by atoms with Gasteiger partial charge in [0, 0.05) is 11.0 Å². The minimum Gasteiger partial charge on any atom is -0.302 e. The molecule has 1 aromatic rings. The van der Waals surface area contributed by atoms with E-state index in [1.54, 1.807) is 18.2 Å². The van der Waals surface area contributed by atoms with E-state index in [-0.39, 0.29) is 6.61 Å². The third-order valence-electron chi connectivity index (χ3n) is 2.81. The highest BCUT2D eigenvalue weighted by Crippen LogP contribution is 2.59. The Morgan fingerprint density at radius 1 is 1.44 bits per heavy atom. The summed E-state index contributed by atoms with van der Waals surface area (Å²) in [5.41, 5.74) is 0.108. The first-order valence-corrected chi connectivity index (χ1v) is 7.58. The molecule has 0 radical (unpaired) electrons. The van der Waals surface area contributed by atoms with E-state index < -0.39 is 19.3 Å². The van der Waals surface area contributed by atoms with Crippen molar-refractivity contribution in [2.45, 2.75) is 20.0 Å². The first-order valence-electron chi connectivity index (χ1n) is 5.32. The van der Waals surface area contributed by atoms with E-state index in [4.69, 9.17) is 32.2 Å². The second-order valence-corrected chi connectivity index (χ2v) is 7.05. The number of phosphoric ester groups is 1. The summed E-state index contributed by atoms with van der Waals surface area (Å²) in [5, 5.41) is 0.715. The minimum atomic E-state index is -4.02. The molecule has 2 atom stereocenters. The molecule has 0 saturated carbocycles. The Bertz CT molecular complexity index is 518. The van der Waals surface area contributed by atoms with E-state index in [2.05, 4.69) is 0 Å². The highest BCUT2D eigenvalue weighted by molar-refractivity contribution is 7.47. The summed E-state index contributed by atoms with van der Waals surface area (Å²) in [4.78, 5) is 9.43. The Morgan fingerprint density at radius 2 is 2.11 bits per heavy atom. The number of phosphoric acid groups is 1. The van der Waals surface area contributed by atoms with Crippen LogP contribution in [-0.4, -0.2) is 11.5 Å². The lowest BCUT2D eigenvalue weighted by Crippen LogP contribution is -2.33. The molecule has 0 aliphatic carbocycles. The van der Waals surface area contributed by atoms with Crippen LogP contribution in [0.3, 0.4) is 0 Å². The average Bonchev–Trinajstić information content (AvgIpc) is 2.27. The van der Waals surface area contributed by atoms with Crippen LogP contribution in [0.1, 0.15) is 25.5 Å². The Hall–Kier alpha value is -0.0900. The van der Waals surface area contributed by atoms with Gasteiger partial charge in [0.25, 0.3) is 0 Å². The molecule has 1 aliphatic rings. The van der Waals surface area contributed by atoms with Crippen molar-refractivity contribution in [2.75, 3.05) is 6.61 Å². The van der Waals surface area contributed by atoms with Gasteiger partial charge in [-0.3, -0.25) is 9.05 Å². The predicted octanol–water partition coefficient (Wildman–Crippen LogP) is 4.21. The Morgan fingerprint density at radius 3 is 2.78 bits per heavy atom. The molecule has 2 rings (SSSR count). The molecule has 1 aliphatic heterocycles. The Balaban J connectivity index is 2.46. The molecule has 0 bridgehead atoms. The third-order valence-corrected chi connectivity index (χ3v) is 4.58. The van der Waals surface area contributed by atoms with Crippen LogP contribution in [0, 0.1) is 5.41 Å². The zero-order valence-corrected chi connectivity index (χ0v) is 12.3. The summed E-state index contributed by atoms with van der Waals surface area (Å²) in [5.74, 6) is 0. The number of benzene rings is 1. The maximum Gasteiger partial charge on any atom is 0.472 e. The summed E-state index contributed by atoms with van der Waals surface area (Å²) in [6, 6.07) is 5.10. The summed E-state index contributed by atoms with van der Waals surface area (Å²) in [6.45, 7) is 3.84. The van der Waals surface area contributed by atoms with E-state index >= 15 is 0 Å². The average molecular weight is 311 g/mol. The van der Waals surface area contributed by atoms with Crippen molar-refractivity contribution in [3.8, 4) is 0 Å².